The molecule has 2 aromatic carbocycles. The molecule has 28 heavy (non-hydrogen) atoms. The summed E-state index contributed by atoms with van der Waals surface area (Å²) < 4.78 is 30.2. The Labute approximate surface area is 163 Å². The third-order valence-electron chi connectivity index (χ3n) is 4.50. The third-order valence-corrected chi connectivity index (χ3v) is 6.02. The predicted molar refractivity (Wildman–Crippen MR) is 108 cm³/mol. The molecular formula is C20H19N5O2S. The molecule has 0 fully saturated rings. The molecule has 142 valence electrons. The van der Waals surface area contributed by atoms with Crippen molar-refractivity contribution in [1.29, 1.82) is 0 Å². The van der Waals surface area contributed by atoms with E-state index in [1.165, 1.54) is 0 Å². The van der Waals surface area contributed by atoms with E-state index < -0.39 is 10.0 Å². The van der Waals surface area contributed by atoms with E-state index >= 15 is 0 Å². The normalized spacial score (nSPS) is 11.7. The highest BCUT2D eigenvalue weighted by molar-refractivity contribution is 7.92. The van der Waals surface area contributed by atoms with Crippen molar-refractivity contribution in [2.75, 3.05) is 4.72 Å². The van der Waals surface area contributed by atoms with Gasteiger partial charge in [-0.1, -0.05) is 29.8 Å². The van der Waals surface area contributed by atoms with Crippen LogP contribution in [0.2, 0.25) is 0 Å². The van der Waals surface area contributed by atoms with Crippen molar-refractivity contribution in [2.45, 2.75) is 25.7 Å². The lowest BCUT2D eigenvalue weighted by molar-refractivity contribution is 0.600. The monoisotopic (exact) mass is 393 g/mol. The van der Waals surface area contributed by atoms with E-state index in [1.54, 1.807) is 47.8 Å². The van der Waals surface area contributed by atoms with E-state index in [4.69, 9.17) is 0 Å². The van der Waals surface area contributed by atoms with Crippen molar-refractivity contribution in [2.24, 2.45) is 0 Å². The highest BCUT2D eigenvalue weighted by Crippen LogP contribution is 2.26. The summed E-state index contributed by atoms with van der Waals surface area (Å²) in [5.74, 6) is 0.665. The van der Waals surface area contributed by atoms with Gasteiger partial charge in [-0.15, -0.1) is 10.2 Å². The Balaban J connectivity index is 1.75. The van der Waals surface area contributed by atoms with Crippen LogP contribution in [-0.4, -0.2) is 28.2 Å². The third kappa shape index (κ3) is 3.34. The zero-order valence-corrected chi connectivity index (χ0v) is 16.5. The van der Waals surface area contributed by atoms with Crippen LogP contribution in [0.25, 0.3) is 16.9 Å². The van der Waals surface area contributed by atoms with E-state index in [1.807, 2.05) is 32.0 Å². The maximum absolute atomic E-state index is 13.0. The van der Waals surface area contributed by atoms with Gasteiger partial charge in [-0.3, -0.25) is 4.72 Å². The standard InChI is InChI=1S/C20H19N5O2S/c1-13-4-8-17(9-5-13)24-28(26,27)19-12-16(7-6-14(19)2)18-10-11-20-22-21-15(3)25(20)23-18/h4-12,24H,1-3H3. The van der Waals surface area contributed by atoms with Crippen LogP contribution in [0.1, 0.15) is 17.0 Å². The maximum atomic E-state index is 13.0. The number of hydrogen-bond acceptors (Lipinski definition) is 5. The van der Waals surface area contributed by atoms with Crippen molar-refractivity contribution in [3.8, 4) is 11.3 Å². The van der Waals surface area contributed by atoms with E-state index in [9.17, 15) is 8.42 Å². The number of fused-ring (bicyclic) bond motifs is 1. The van der Waals surface area contributed by atoms with Crippen molar-refractivity contribution in [3.05, 3.63) is 71.5 Å². The minimum absolute atomic E-state index is 0.216. The van der Waals surface area contributed by atoms with Crippen molar-refractivity contribution >= 4 is 21.4 Å². The molecule has 0 bridgehead atoms. The Morgan fingerprint density at radius 1 is 0.893 bits per heavy atom. The number of rotatable bonds is 4. The summed E-state index contributed by atoms with van der Waals surface area (Å²) in [7, 11) is -3.74. The molecule has 0 aliphatic rings. The highest BCUT2D eigenvalue weighted by Gasteiger charge is 2.18. The van der Waals surface area contributed by atoms with Crippen LogP contribution in [0.15, 0.2) is 59.5 Å². The van der Waals surface area contributed by atoms with Crippen LogP contribution >= 0.6 is 0 Å². The number of aryl methyl sites for hydroxylation is 3. The van der Waals surface area contributed by atoms with Gasteiger partial charge in [0.1, 0.15) is 0 Å². The summed E-state index contributed by atoms with van der Waals surface area (Å²) in [6.45, 7) is 5.54. The van der Waals surface area contributed by atoms with Gasteiger partial charge in [0, 0.05) is 11.3 Å². The van der Waals surface area contributed by atoms with Crippen LogP contribution in [0.3, 0.4) is 0 Å². The molecule has 2 heterocycles. The largest absolute Gasteiger partial charge is 0.280 e. The molecule has 4 aromatic rings. The lowest BCUT2D eigenvalue weighted by atomic mass is 10.1. The predicted octanol–water partition coefficient (Wildman–Crippen LogP) is 3.52. The Bertz CT molecular complexity index is 1280. The smallest absolute Gasteiger partial charge is 0.262 e. The molecule has 0 radical (unpaired) electrons. The van der Waals surface area contributed by atoms with Gasteiger partial charge in [0.25, 0.3) is 10.0 Å². The van der Waals surface area contributed by atoms with Crippen LogP contribution in [0, 0.1) is 20.8 Å². The van der Waals surface area contributed by atoms with Crippen LogP contribution in [0.5, 0.6) is 0 Å². The summed E-state index contributed by atoms with van der Waals surface area (Å²) >= 11 is 0. The Kier molecular flexibility index (Phi) is 4.35. The van der Waals surface area contributed by atoms with Gasteiger partial charge in [-0.25, -0.2) is 8.42 Å². The van der Waals surface area contributed by atoms with E-state index in [0.717, 1.165) is 5.56 Å². The number of benzene rings is 2. The quantitative estimate of drug-likeness (QED) is 0.573. The molecule has 8 heteroatoms. The molecule has 1 N–H and O–H groups in total. The fraction of sp³-hybridized carbons (Fsp3) is 0.150. The zero-order chi connectivity index (χ0) is 19.9. The van der Waals surface area contributed by atoms with Gasteiger partial charge in [-0.05, 0) is 56.7 Å². The molecular weight excluding hydrogens is 374 g/mol. The number of nitrogens with zero attached hydrogens (tertiary/aromatic N) is 4. The number of aromatic nitrogens is 4. The van der Waals surface area contributed by atoms with Crippen molar-refractivity contribution in [1.82, 2.24) is 19.8 Å². The maximum Gasteiger partial charge on any atom is 0.262 e. The zero-order valence-electron chi connectivity index (χ0n) is 15.7. The van der Waals surface area contributed by atoms with E-state index in [2.05, 4.69) is 20.0 Å². The summed E-state index contributed by atoms with van der Waals surface area (Å²) in [5, 5.41) is 12.5. The number of hydrogen-bond donors (Lipinski definition) is 1. The van der Waals surface area contributed by atoms with E-state index in [-0.39, 0.29) is 4.90 Å². The second-order valence-corrected chi connectivity index (χ2v) is 8.34. The molecule has 0 amide bonds. The summed E-state index contributed by atoms with van der Waals surface area (Å²) in [5.41, 5.74) is 4.22. The first-order valence-corrected chi connectivity index (χ1v) is 10.2. The van der Waals surface area contributed by atoms with Gasteiger partial charge in [-0.2, -0.15) is 9.61 Å². The summed E-state index contributed by atoms with van der Waals surface area (Å²) in [6, 6.07) is 16.1. The van der Waals surface area contributed by atoms with Gasteiger partial charge < -0.3 is 0 Å². The summed E-state index contributed by atoms with van der Waals surface area (Å²) in [4.78, 5) is 0.216. The lowest BCUT2D eigenvalue weighted by Crippen LogP contribution is -2.14. The number of sulfonamides is 1. The Hall–Kier alpha value is -3.26. The molecule has 0 aliphatic carbocycles. The molecule has 2 aromatic heterocycles. The lowest BCUT2D eigenvalue weighted by Gasteiger charge is -2.12. The molecule has 0 aliphatic heterocycles. The minimum Gasteiger partial charge on any atom is -0.280 e. The second-order valence-electron chi connectivity index (χ2n) is 6.69. The topological polar surface area (TPSA) is 89.2 Å². The molecule has 0 saturated heterocycles. The van der Waals surface area contributed by atoms with Gasteiger partial charge in [0.05, 0.1) is 10.6 Å². The van der Waals surface area contributed by atoms with Gasteiger partial charge >= 0.3 is 0 Å². The molecule has 0 saturated carbocycles. The van der Waals surface area contributed by atoms with Crippen LogP contribution < -0.4 is 4.72 Å². The minimum atomic E-state index is -3.74. The Morgan fingerprint density at radius 2 is 1.64 bits per heavy atom. The van der Waals surface area contributed by atoms with Crippen LogP contribution in [0.4, 0.5) is 5.69 Å². The number of anilines is 1. The average molecular weight is 393 g/mol. The molecule has 0 spiro atoms. The average Bonchev–Trinajstić information content (AvgIpc) is 3.04. The highest BCUT2D eigenvalue weighted by atomic mass is 32.2. The van der Waals surface area contributed by atoms with Gasteiger partial charge in [0.2, 0.25) is 0 Å². The van der Waals surface area contributed by atoms with Crippen molar-refractivity contribution in [3.63, 3.8) is 0 Å². The van der Waals surface area contributed by atoms with Gasteiger partial charge in [0.15, 0.2) is 11.5 Å². The molecule has 0 unspecified atom stereocenters. The first-order valence-electron chi connectivity index (χ1n) is 8.73. The fourth-order valence-corrected chi connectivity index (χ4v) is 4.26. The van der Waals surface area contributed by atoms with Crippen molar-refractivity contribution < 1.29 is 8.42 Å². The summed E-state index contributed by atoms with van der Waals surface area (Å²) in [6.07, 6.45) is 0. The molecule has 0 atom stereocenters. The number of nitrogens with one attached hydrogen (secondary N) is 1. The SMILES string of the molecule is Cc1ccc(NS(=O)(=O)c2cc(-c3ccc4nnc(C)n4n3)ccc2C)cc1. The van der Waals surface area contributed by atoms with Crippen LogP contribution in [-0.2, 0) is 10.0 Å². The first-order chi connectivity index (χ1) is 13.3. The van der Waals surface area contributed by atoms with E-state index in [0.29, 0.717) is 34.0 Å². The Morgan fingerprint density at radius 3 is 2.39 bits per heavy atom. The fourth-order valence-electron chi connectivity index (χ4n) is 2.93. The molecule has 4 rings (SSSR count). The first kappa shape index (κ1) is 18.1. The molecule has 7 nitrogen and oxygen atoms in total. The second kappa shape index (κ2) is 6.72.